The molecule has 0 atom stereocenters. The molecule has 1 amide bonds. The minimum atomic E-state index is -0.455. The summed E-state index contributed by atoms with van der Waals surface area (Å²) in [5.41, 5.74) is 3.72. The second kappa shape index (κ2) is 3.47. The van der Waals surface area contributed by atoms with E-state index in [2.05, 4.69) is 4.98 Å². The number of nitrogens with zero attached hydrogens (tertiary/aromatic N) is 1. The van der Waals surface area contributed by atoms with Gasteiger partial charge in [-0.05, 0) is 17.7 Å². The lowest BCUT2D eigenvalue weighted by molar-refractivity contribution is -0.128. The van der Waals surface area contributed by atoms with Gasteiger partial charge in [-0.25, -0.2) is 10.5 Å². The number of hydrogen-bond donors (Lipinski definition) is 2. The SMILES string of the molecule is O=C(Cc1ccc2ncoc2c1)NO. The van der Waals surface area contributed by atoms with Crippen LogP contribution in [0.2, 0.25) is 0 Å². The summed E-state index contributed by atoms with van der Waals surface area (Å²) < 4.78 is 5.07. The third kappa shape index (κ3) is 1.57. The predicted octanol–water partition coefficient (Wildman–Crippen LogP) is 0.876. The van der Waals surface area contributed by atoms with Gasteiger partial charge in [-0.1, -0.05) is 6.07 Å². The number of aromatic nitrogens is 1. The minimum absolute atomic E-state index is 0.118. The Kier molecular flexibility index (Phi) is 2.16. The topological polar surface area (TPSA) is 75.4 Å². The molecule has 0 aliphatic carbocycles. The second-order valence-electron chi connectivity index (χ2n) is 2.87. The summed E-state index contributed by atoms with van der Waals surface area (Å²) in [6, 6.07) is 5.25. The number of carbonyl (C=O) groups is 1. The fourth-order valence-electron chi connectivity index (χ4n) is 1.23. The molecule has 0 aliphatic heterocycles. The van der Waals surface area contributed by atoms with Gasteiger partial charge in [-0.3, -0.25) is 10.0 Å². The summed E-state index contributed by atoms with van der Waals surface area (Å²) >= 11 is 0. The van der Waals surface area contributed by atoms with Gasteiger partial charge in [0.15, 0.2) is 12.0 Å². The molecular formula is C9H8N2O3. The second-order valence-corrected chi connectivity index (χ2v) is 2.87. The number of hydrogen-bond acceptors (Lipinski definition) is 4. The Labute approximate surface area is 79.3 Å². The van der Waals surface area contributed by atoms with Crippen LogP contribution in [0.15, 0.2) is 29.0 Å². The van der Waals surface area contributed by atoms with Crippen molar-refractivity contribution in [3.63, 3.8) is 0 Å². The lowest BCUT2D eigenvalue weighted by Crippen LogP contribution is -2.20. The van der Waals surface area contributed by atoms with Crippen molar-refractivity contribution in [3.05, 3.63) is 30.2 Å². The molecule has 5 heteroatoms. The highest BCUT2D eigenvalue weighted by Crippen LogP contribution is 2.14. The van der Waals surface area contributed by atoms with Crippen LogP contribution in [0, 0.1) is 0 Å². The van der Waals surface area contributed by atoms with E-state index in [1.54, 1.807) is 23.7 Å². The predicted molar refractivity (Wildman–Crippen MR) is 47.6 cm³/mol. The Morgan fingerprint density at radius 2 is 2.43 bits per heavy atom. The standard InChI is InChI=1S/C9H8N2O3/c12-9(11-13)4-6-1-2-7-8(3-6)14-5-10-7/h1-3,5,13H,4H2,(H,11,12). The summed E-state index contributed by atoms with van der Waals surface area (Å²) in [6.45, 7) is 0. The molecule has 2 aromatic rings. The van der Waals surface area contributed by atoms with Crippen LogP contribution in [0.25, 0.3) is 11.1 Å². The normalized spacial score (nSPS) is 10.4. The molecule has 0 bridgehead atoms. The first-order valence-corrected chi connectivity index (χ1v) is 4.04. The summed E-state index contributed by atoms with van der Waals surface area (Å²) in [7, 11) is 0. The van der Waals surface area contributed by atoms with Crippen molar-refractivity contribution >= 4 is 17.0 Å². The maximum atomic E-state index is 10.8. The van der Waals surface area contributed by atoms with Crippen molar-refractivity contribution in [3.8, 4) is 0 Å². The molecule has 2 rings (SSSR count). The largest absolute Gasteiger partial charge is 0.443 e. The molecule has 2 N–H and O–H groups in total. The number of oxazole rings is 1. The van der Waals surface area contributed by atoms with Crippen molar-refractivity contribution in [2.45, 2.75) is 6.42 Å². The Bertz CT molecular complexity index is 464. The highest BCUT2D eigenvalue weighted by atomic mass is 16.5. The molecular weight excluding hydrogens is 184 g/mol. The van der Waals surface area contributed by atoms with Gasteiger partial charge in [-0.2, -0.15) is 0 Å². The molecule has 1 aromatic carbocycles. The van der Waals surface area contributed by atoms with Crippen molar-refractivity contribution < 1.29 is 14.4 Å². The average molecular weight is 192 g/mol. The molecule has 1 heterocycles. The van der Waals surface area contributed by atoms with E-state index in [-0.39, 0.29) is 6.42 Å². The Morgan fingerprint density at radius 1 is 1.57 bits per heavy atom. The number of amides is 1. The first-order chi connectivity index (χ1) is 6.79. The zero-order valence-electron chi connectivity index (χ0n) is 7.23. The number of rotatable bonds is 2. The van der Waals surface area contributed by atoms with Crippen LogP contribution in [0.5, 0.6) is 0 Å². The average Bonchev–Trinajstić information content (AvgIpc) is 2.64. The van der Waals surface area contributed by atoms with E-state index in [0.717, 1.165) is 11.1 Å². The van der Waals surface area contributed by atoms with Gasteiger partial charge in [0.1, 0.15) is 5.52 Å². The van der Waals surface area contributed by atoms with Crippen molar-refractivity contribution in [1.82, 2.24) is 10.5 Å². The molecule has 0 unspecified atom stereocenters. The third-order valence-electron chi connectivity index (χ3n) is 1.89. The molecule has 0 aliphatic rings. The maximum absolute atomic E-state index is 10.8. The number of nitrogens with one attached hydrogen (secondary N) is 1. The van der Waals surface area contributed by atoms with Crippen LogP contribution < -0.4 is 5.48 Å². The molecule has 0 fully saturated rings. The zero-order valence-corrected chi connectivity index (χ0v) is 7.23. The lowest BCUT2D eigenvalue weighted by atomic mass is 10.1. The van der Waals surface area contributed by atoms with E-state index >= 15 is 0 Å². The molecule has 0 radical (unpaired) electrons. The van der Waals surface area contributed by atoms with Crippen molar-refractivity contribution in [2.24, 2.45) is 0 Å². The molecule has 0 saturated heterocycles. The van der Waals surface area contributed by atoms with E-state index in [9.17, 15) is 4.79 Å². The highest BCUT2D eigenvalue weighted by molar-refractivity contribution is 5.79. The Hall–Kier alpha value is -1.88. The van der Waals surface area contributed by atoms with Crippen LogP contribution >= 0.6 is 0 Å². The number of carbonyl (C=O) groups excluding carboxylic acids is 1. The van der Waals surface area contributed by atoms with E-state index in [1.165, 1.54) is 6.39 Å². The summed E-state index contributed by atoms with van der Waals surface area (Å²) in [5, 5.41) is 8.33. The van der Waals surface area contributed by atoms with Crippen LogP contribution in [0.4, 0.5) is 0 Å². The summed E-state index contributed by atoms with van der Waals surface area (Å²) in [6.07, 6.45) is 1.47. The van der Waals surface area contributed by atoms with Crippen LogP contribution in [-0.4, -0.2) is 16.1 Å². The Balaban J connectivity index is 2.30. The van der Waals surface area contributed by atoms with Gasteiger partial charge in [0.05, 0.1) is 6.42 Å². The quantitative estimate of drug-likeness (QED) is 0.547. The monoisotopic (exact) mass is 192 g/mol. The maximum Gasteiger partial charge on any atom is 0.247 e. The number of hydroxylamine groups is 1. The van der Waals surface area contributed by atoms with E-state index in [0.29, 0.717) is 5.58 Å². The fraction of sp³-hybridized carbons (Fsp3) is 0.111. The van der Waals surface area contributed by atoms with Crippen molar-refractivity contribution in [1.29, 1.82) is 0 Å². The molecule has 1 aromatic heterocycles. The van der Waals surface area contributed by atoms with E-state index in [1.807, 2.05) is 0 Å². The number of benzene rings is 1. The Morgan fingerprint density at radius 3 is 3.21 bits per heavy atom. The third-order valence-corrected chi connectivity index (χ3v) is 1.89. The van der Waals surface area contributed by atoms with Gasteiger partial charge in [0.2, 0.25) is 5.91 Å². The highest BCUT2D eigenvalue weighted by Gasteiger charge is 2.04. The van der Waals surface area contributed by atoms with Gasteiger partial charge in [-0.15, -0.1) is 0 Å². The smallest absolute Gasteiger partial charge is 0.247 e. The molecule has 5 nitrogen and oxygen atoms in total. The lowest BCUT2D eigenvalue weighted by Gasteiger charge is -1.98. The van der Waals surface area contributed by atoms with Crippen LogP contribution in [-0.2, 0) is 11.2 Å². The van der Waals surface area contributed by atoms with Crippen LogP contribution in [0.3, 0.4) is 0 Å². The summed E-state index contributed by atoms with van der Waals surface area (Å²) in [5.74, 6) is -0.455. The van der Waals surface area contributed by atoms with Gasteiger partial charge >= 0.3 is 0 Å². The molecule has 14 heavy (non-hydrogen) atoms. The summed E-state index contributed by atoms with van der Waals surface area (Å²) in [4.78, 5) is 14.8. The van der Waals surface area contributed by atoms with Gasteiger partial charge in [0.25, 0.3) is 0 Å². The van der Waals surface area contributed by atoms with Crippen LogP contribution in [0.1, 0.15) is 5.56 Å². The molecule has 0 saturated carbocycles. The molecule has 72 valence electrons. The van der Waals surface area contributed by atoms with Gasteiger partial charge < -0.3 is 4.42 Å². The first-order valence-electron chi connectivity index (χ1n) is 4.04. The van der Waals surface area contributed by atoms with E-state index in [4.69, 9.17) is 9.62 Å². The molecule has 0 spiro atoms. The minimum Gasteiger partial charge on any atom is -0.443 e. The fourth-order valence-corrected chi connectivity index (χ4v) is 1.23. The van der Waals surface area contributed by atoms with Crippen molar-refractivity contribution in [2.75, 3.05) is 0 Å². The van der Waals surface area contributed by atoms with Gasteiger partial charge in [0, 0.05) is 0 Å². The van der Waals surface area contributed by atoms with E-state index < -0.39 is 5.91 Å². The zero-order chi connectivity index (χ0) is 9.97. The number of fused-ring (bicyclic) bond motifs is 1. The first kappa shape index (κ1) is 8.71.